The Hall–Kier alpha value is -1.50. The molecule has 2 aromatic carbocycles. The fraction of sp³-hybridized carbons (Fsp3) is 0.200. The van der Waals surface area contributed by atoms with Gasteiger partial charge >= 0.3 is 0 Å². The van der Waals surface area contributed by atoms with Crippen LogP contribution in [0.25, 0.3) is 0 Å². The van der Waals surface area contributed by atoms with Crippen LogP contribution in [0.3, 0.4) is 0 Å². The average molecular weight is 322 g/mol. The lowest BCUT2D eigenvalue weighted by atomic mass is 10.2. The summed E-state index contributed by atoms with van der Waals surface area (Å²) in [6.45, 7) is 0.651. The zero-order valence-electron chi connectivity index (χ0n) is 12.0. The first-order chi connectivity index (χ1) is 10.0. The Balaban J connectivity index is 2.08. The second kappa shape index (κ2) is 6.98. The first-order valence-electron chi connectivity index (χ1n) is 6.45. The molecule has 112 valence electrons. The summed E-state index contributed by atoms with van der Waals surface area (Å²) in [5.74, 6) is 0. The number of anilines is 1. The molecule has 0 fully saturated rings. The van der Waals surface area contributed by atoms with E-state index in [1.807, 2.05) is 12.3 Å². The van der Waals surface area contributed by atoms with Gasteiger partial charge in [-0.25, -0.2) is 13.1 Å². The molecular formula is C15H18N2O2S2. The maximum atomic E-state index is 11.8. The van der Waals surface area contributed by atoms with E-state index in [-0.39, 0.29) is 4.90 Å². The molecule has 0 bridgehead atoms. The second-order valence-corrected chi connectivity index (χ2v) is 7.20. The Morgan fingerprint density at radius 3 is 2.43 bits per heavy atom. The van der Waals surface area contributed by atoms with E-state index < -0.39 is 10.0 Å². The maximum Gasteiger partial charge on any atom is 0.240 e. The van der Waals surface area contributed by atoms with E-state index in [4.69, 9.17) is 0 Å². The van der Waals surface area contributed by atoms with Crippen molar-refractivity contribution in [3.63, 3.8) is 0 Å². The second-order valence-electron chi connectivity index (χ2n) is 4.44. The molecule has 21 heavy (non-hydrogen) atoms. The number of hydrogen-bond acceptors (Lipinski definition) is 4. The lowest BCUT2D eigenvalue weighted by Gasteiger charge is -2.09. The molecule has 6 heteroatoms. The molecule has 2 aromatic rings. The molecule has 0 aliphatic heterocycles. The number of thioether (sulfide) groups is 1. The lowest BCUT2D eigenvalue weighted by molar-refractivity contribution is 0.588. The van der Waals surface area contributed by atoms with Crippen LogP contribution in [0.1, 0.15) is 5.56 Å². The van der Waals surface area contributed by atoms with Crippen molar-refractivity contribution in [2.45, 2.75) is 16.3 Å². The first kappa shape index (κ1) is 15.9. The Labute approximate surface area is 130 Å². The van der Waals surface area contributed by atoms with Crippen LogP contribution < -0.4 is 10.0 Å². The highest BCUT2D eigenvalue weighted by Gasteiger charge is 2.11. The van der Waals surface area contributed by atoms with Crippen LogP contribution in [-0.2, 0) is 16.6 Å². The SMILES string of the molecule is CNS(=O)(=O)c1cccc(NCc2ccc(SC)cc2)c1. The zero-order chi connectivity index (χ0) is 15.3. The summed E-state index contributed by atoms with van der Waals surface area (Å²) in [5.41, 5.74) is 1.93. The number of hydrogen-bond donors (Lipinski definition) is 2. The monoisotopic (exact) mass is 322 g/mol. The highest BCUT2D eigenvalue weighted by Crippen LogP contribution is 2.18. The molecule has 0 radical (unpaired) electrons. The fourth-order valence-electron chi connectivity index (χ4n) is 1.84. The standard InChI is InChI=1S/C15H18N2O2S2/c1-16-21(18,19)15-5-3-4-13(10-15)17-11-12-6-8-14(20-2)9-7-12/h3-10,16-17H,11H2,1-2H3. The van der Waals surface area contributed by atoms with Gasteiger partial charge in [0, 0.05) is 17.1 Å². The van der Waals surface area contributed by atoms with E-state index in [9.17, 15) is 8.42 Å². The van der Waals surface area contributed by atoms with Gasteiger partial charge in [0.2, 0.25) is 10.0 Å². The molecule has 0 aliphatic rings. The van der Waals surface area contributed by atoms with E-state index >= 15 is 0 Å². The predicted octanol–water partition coefficient (Wildman–Crippen LogP) is 2.93. The summed E-state index contributed by atoms with van der Waals surface area (Å²) in [6, 6.07) is 15.0. The highest BCUT2D eigenvalue weighted by atomic mass is 32.2. The minimum atomic E-state index is -3.41. The fourth-order valence-corrected chi connectivity index (χ4v) is 3.02. The molecule has 0 aliphatic carbocycles. The van der Waals surface area contributed by atoms with E-state index in [0.29, 0.717) is 6.54 Å². The van der Waals surface area contributed by atoms with Crippen LogP contribution in [0.4, 0.5) is 5.69 Å². The van der Waals surface area contributed by atoms with Gasteiger partial charge < -0.3 is 5.32 Å². The normalized spacial score (nSPS) is 11.3. The van der Waals surface area contributed by atoms with Crippen molar-refractivity contribution in [2.75, 3.05) is 18.6 Å². The van der Waals surface area contributed by atoms with Gasteiger partial charge in [-0.3, -0.25) is 0 Å². The van der Waals surface area contributed by atoms with Crippen LogP contribution in [0.15, 0.2) is 58.3 Å². The van der Waals surface area contributed by atoms with Gasteiger partial charge in [0.15, 0.2) is 0 Å². The maximum absolute atomic E-state index is 11.8. The van der Waals surface area contributed by atoms with Crippen molar-refractivity contribution >= 4 is 27.5 Å². The van der Waals surface area contributed by atoms with Crippen LogP contribution in [0.2, 0.25) is 0 Å². The van der Waals surface area contributed by atoms with Gasteiger partial charge in [-0.2, -0.15) is 0 Å². The largest absolute Gasteiger partial charge is 0.381 e. The number of benzene rings is 2. The molecule has 2 N–H and O–H groups in total. The molecule has 4 nitrogen and oxygen atoms in total. The average Bonchev–Trinajstić information content (AvgIpc) is 2.53. The van der Waals surface area contributed by atoms with Gasteiger partial charge in [0.25, 0.3) is 0 Å². The minimum absolute atomic E-state index is 0.257. The molecular weight excluding hydrogens is 304 g/mol. The zero-order valence-corrected chi connectivity index (χ0v) is 13.6. The third-order valence-corrected chi connectivity index (χ3v) is 5.22. The molecule has 0 unspecified atom stereocenters. The summed E-state index contributed by atoms with van der Waals surface area (Å²) in [4.78, 5) is 1.48. The van der Waals surface area contributed by atoms with Gasteiger partial charge in [0.05, 0.1) is 4.90 Å². The first-order valence-corrected chi connectivity index (χ1v) is 9.16. The van der Waals surface area contributed by atoms with Crippen LogP contribution >= 0.6 is 11.8 Å². The van der Waals surface area contributed by atoms with Crippen molar-refractivity contribution in [1.82, 2.24) is 4.72 Å². The van der Waals surface area contributed by atoms with Crippen molar-refractivity contribution in [2.24, 2.45) is 0 Å². The lowest BCUT2D eigenvalue weighted by Crippen LogP contribution is -2.18. The van der Waals surface area contributed by atoms with Gasteiger partial charge in [-0.1, -0.05) is 18.2 Å². The number of nitrogens with one attached hydrogen (secondary N) is 2. The van der Waals surface area contributed by atoms with E-state index in [2.05, 4.69) is 34.3 Å². The van der Waals surface area contributed by atoms with E-state index in [0.717, 1.165) is 11.3 Å². The molecule has 0 aromatic heterocycles. The highest BCUT2D eigenvalue weighted by molar-refractivity contribution is 7.98. The van der Waals surface area contributed by atoms with Gasteiger partial charge in [0.1, 0.15) is 0 Å². The summed E-state index contributed by atoms with van der Waals surface area (Å²) in [7, 11) is -2.00. The molecule has 0 amide bonds. The van der Waals surface area contributed by atoms with Gasteiger partial charge in [-0.15, -0.1) is 11.8 Å². The molecule has 0 spiro atoms. The van der Waals surface area contributed by atoms with Crippen LogP contribution in [0, 0.1) is 0 Å². The van der Waals surface area contributed by atoms with Gasteiger partial charge in [-0.05, 0) is 49.2 Å². The molecule has 2 rings (SSSR count). The third-order valence-electron chi connectivity index (χ3n) is 3.07. The van der Waals surface area contributed by atoms with E-state index in [1.54, 1.807) is 30.0 Å². The summed E-state index contributed by atoms with van der Waals surface area (Å²) in [5, 5.41) is 3.24. The molecule has 0 saturated carbocycles. The van der Waals surface area contributed by atoms with Crippen molar-refractivity contribution in [1.29, 1.82) is 0 Å². The van der Waals surface area contributed by atoms with Crippen LogP contribution in [0.5, 0.6) is 0 Å². The van der Waals surface area contributed by atoms with E-state index in [1.165, 1.54) is 11.9 Å². The molecule has 0 atom stereocenters. The topological polar surface area (TPSA) is 58.2 Å². The molecule has 0 heterocycles. The van der Waals surface area contributed by atoms with Crippen LogP contribution in [-0.4, -0.2) is 21.7 Å². The quantitative estimate of drug-likeness (QED) is 0.803. The Morgan fingerprint density at radius 2 is 1.81 bits per heavy atom. The summed E-state index contributed by atoms with van der Waals surface area (Å²) >= 11 is 1.71. The predicted molar refractivity (Wildman–Crippen MR) is 88.2 cm³/mol. The minimum Gasteiger partial charge on any atom is -0.381 e. The smallest absolute Gasteiger partial charge is 0.240 e. The Kier molecular flexibility index (Phi) is 5.27. The molecule has 0 saturated heterocycles. The van der Waals surface area contributed by atoms with Crippen molar-refractivity contribution < 1.29 is 8.42 Å². The Morgan fingerprint density at radius 1 is 1.10 bits per heavy atom. The third kappa shape index (κ3) is 4.23. The number of rotatable bonds is 6. The summed E-state index contributed by atoms with van der Waals surface area (Å²) < 4.78 is 25.8. The Bertz CT molecular complexity index is 698. The van der Waals surface area contributed by atoms with Crippen molar-refractivity contribution in [3.8, 4) is 0 Å². The summed E-state index contributed by atoms with van der Waals surface area (Å²) in [6.07, 6.45) is 2.04. The number of sulfonamides is 1. The van der Waals surface area contributed by atoms with Crippen molar-refractivity contribution in [3.05, 3.63) is 54.1 Å².